The van der Waals surface area contributed by atoms with Crippen molar-refractivity contribution in [2.24, 2.45) is 0 Å². The summed E-state index contributed by atoms with van der Waals surface area (Å²) in [5, 5.41) is 7.71. The van der Waals surface area contributed by atoms with E-state index in [0.29, 0.717) is 0 Å². The highest BCUT2D eigenvalue weighted by Gasteiger charge is 2.22. The van der Waals surface area contributed by atoms with Gasteiger partial charge in [0.25, 0.3) is 0 Å². The highest BCUT2D eigenvalue weighted by Crippen LogP contribution is 2.47. The number of rotatable bonds is 5. The number of thiophene rings is 2. The lowest BCUT2D eigenvalue weighted by Crippen LogP contribution is -2.11. The van der Waals surface area contributed by atoms with Crippen LogP contribution in [-0.4, -0.2) is 4.57 Å². The summed E-state index contributed by atoms with van der Waals surface area (Å²) in [6.07, 6.45) is 0. The Morgan fingerprint density at radius 1 is 0.429 bits per heavy atom. The summed E-state index contributed by atoms with van der Waals surface area (Å²) in [4.78, 5) is 2.47. The van der Waals surface area contributed by atoms with E-state index in [2.05, 4.69) is 206 Å². The maximum atomic E-state index is 2.47. The van der Waals surface area contributed by atoms with Gasteiger partial charge in [0.2, 0.25) is 0 Å². The molecule has 11 aromatic rings. The Kier molecular flexibility index (Phi) is 7.50. The topological polar surface area (TPSA) is 8.17 Å². The van der Waals surface area contributed by atoms with Crippen LogP contribution in [0.2, 0.25) is 0 Å². The second-order valence-electron chi connectivity index (χ2n) is 15.8. The number of aromatic nitrogens is 1. The summed E-state index contributed by atoms with van der Waals surface area (Å²) in [5.41, 5.74) is 10.8. The first-order valence-electron chi connectivity index (χ1n) is 19.3. The van der Waals surface area contributed by atoms with Crippen molar-refractivity contribution >= 4 is 102 Å². The second kappa shape index (κ2) is 12.7. The van der Waals surface area contributed by atoms with E-state index in [-0.39, 0.29) is 5.41 Å². The fraction of sp³-hybridized carbons (Fsp3) is 0.0769. The van der Waals surface area contributed by atoms with E-state index < -0.39 is 0 Å². The quantitative estimate of drug-likeness (QED) is 0.170. The largest absolute Gasteiger partial charge is 0.310 e. The minimum absolute atomic E-state index is 0.0316. The van der Waals surface area contributed by atoms with Crippen LogP contribution in [0.4, 0.5) is 17.1 Å². The number of benzene rings is 8. The number of anilines is 3. The molecule has 0 N–H and O–H groups in total. The summed E-state index contributed by atoms with van der Waals surface area (Å²) in [6, 6.07) is 65.3. The third-order valence-electron chi connectivity index (χ3n) is 11.3. The van der Waals surface area contributed by atoms with Crippen molar-refractivity contribution < 1.29 is 0 Å². The van der Waals surface area contributed by atoms with Gasteiger partial charge in [-0.05, 0) is 108 Å². The molecule has 8 aromatic carbocycles. The number of fused-ring (bicyclic) bond motifs is 9. The zero-order valence-electron chi connectivity index (χ0n) is 31.5. The van der Waals surface area contributed by atoms with E-state index in [0.717, 1.165) is 17.1 Å². The average molecular weight is 755 g/mol. The van der Waals surface area contributed by atoms with Crippen LogP contribution in [0.5, 0.6) is 0 Å². The zero-order chi connectivity index (χ0) is 37.5. The molecular weight excluding hydrogens is 717 g/mol. The standard InChI is InChI=1S/C52H38N2S2/c1-52(2,3)34-22-26-47-42(30-34)41-29-33(21-25-46(41)54(47)35-13-5-4-6-14-35)38-15-7-10-18-45(38)53(36-23-27-50-43(31-36)39-16-8-11-19-48(39)55-50)37-24-28-51-44(32-37)40-17-9-12-20-49(40)56-51/h4-32H,1-3H3. The van der Waals surface area contributed by atoms with Gasteiger partial charge in [-0.3, -0.25) is 0 Å². The van der Waals surface area contributed by atoms with Crippen molar-refractivity contribution in [3.05, 3.63) is 181 Å². The SMILES string of the molecule is CC(C)(C)c1ccc2c(c1)c1cc(-c3ccccc3N(c3ccc4sc5ccccc5c4c3)c3ccc4sc5ccccc5c4c3)ccc1n2-c1ccccc1. The molecule has 0 unspecified atom stereocenters. The van der Waals surface area contributed by atoms with Crippen molar-refractivity contribution in [2.45, 2.75) is 26.2 Å². The monoisotopic (exact) mass is 754 g/mol. The predicted octanol–water partition coefficient (Wildman–Crippen LogP) is 16.0. The Labute approximate surface area is 334 Å². The molecule has 56 heavy (non-hydrogen) atoms. The van der Waals surface area contributed by atoms with Crippen LogP contribution in [-0.2, 0) is 5.41 Å². The first kappa shape index (κ1) is 33.2. The van der Waals surface area contributed by atoms with E-state index in [1.54, 1.807) is 0 Å². The Bertz CT molecular complexity index is 3190. The number of nitrogens with zero attached hydrogens (tertiary/aromatic N) is 2. The molecule has 0 fully saturated rings. The van der Waals surface area contributed by atoms with Gasteiger partial charge in [0, 0.05) is 73.7 Å². The van der Waals surface area contributed by atoms with Gasteiger partial charge >= 0.3 is 0 Å². The Hall–Kier alpha value is -6.20. The lowest BCUT2D eigenvalue weighted by molar-refractivity contribution is 0.591. The number of hydrogen-bond acceptors (Lipinski definition) is 3. The molecule has 0 aliphatic heterocycles. The van der Waals surface area contributed by atoms with Crippen LogP contribution >= 0.6 is 22.7 Å². The fourth-order valence-corrected chi connectivity index (χ4v) is 10.7. The lowest BCUT2D eigenvalue weighted by Gasteiger charge is -2.28. The maximum Gasteiger partial charge on any atom is 0.0541 e. The summed E-state index contributed by atoms with van der Waals surface area (Å²) >= 11 is 3.73. The van der Waals surface area contributed by atoms with Crippen molar-refractivity contribution in [1.29, 1.82) is 0 Å². The van der Waals surface area contributed by atoms with E-state index >= 15 is 0 Å². The Morgan fingerprint density at radius 2 is 0.964 bits per heavy atom. The Balaban J connectivity index is 1.16. The maximum absolute atomic E-state index is 2.47. The predicted molar refractivity (Wildman–Crippen MR) is 245 cm³/mol. The van der Waals surface area contributed by atoms with Gasteiger partial charge in [0.05, 0.1) is 16.7 Å². The lowest BCUT2D eigenvalue weighted by atomic mass is 9.86. The van der Waals surface area contributed by atoms with Crippen molar-refractivity contribution in [1.82, 2.24) is 4.57 Å². The van der Waals surface area contributed by atoms with Crippen LogP contribution in [0, 0.1) is 0 Å². The zero-order valence-corrected chi connectivity index (χ0v) is 33.1. The molecule has 4 heteroatoms. The van der Waals surface area contributed by atoms with Crippen LogP contribution in [0.3, 0.4) is 0 Å². The summed E-state index contributed by atoms with van der Waals surface area (Å²) < 4.78 is 7.65. The highest BCUT2D eigenvalue weighted by molar-refractivity contribution is 7.26. The average Bonchev–Trinajstić information content (AvgIpc) is 3.90. The molecule has 3 aromatic heterocycles. The van der Waals surface area contributed by atoms with Crippen molar-refractivity contribution in [2.75, 3.05) is 4.90 Å². The van der Waals surface area contributed by atoms with E-state index in [4.69, 9.17) is 0 Å². The fourth-order valence-electron chi connectivity index (χ4n) is 8.56. The molecule has 11 rings (SSSR count). The molecule has 0 spiro atoms. The summed E-state index contributed by atoms with van der Waals surface area (Å²) in [5.74, 6) is 0. The van der Waals surface area contributed by atoms with Crippen LogP contribution < -0.4 is 4.90 Å². The van der Waals surface area contributed by atoms with Gasteiger partial charge in [-0.25, -0.2) is 0 Å². The second-order valence-corrected chi connectivity index (χ2v) is 18.0. The molecule has 0 amide bonds. The molecule has 0 aliphatic rings. The third kappa shape index (κ3) is 5.28. The molecule has 3 heterocycles. The minimum atomic E-state index is 0.0316. The molecular formula is C52H38N2S2. The van der Waals surface area contributed by atoms with Gasteiger partial charge < -0.3 is 9.47 Å². The van der Waals surface area contributed by atoms with Gasteiger partial charge in [-0.2, -0.15) is 0 Å². The number of para-hydroxylation sites is 2. The molecule has 0 radical (unpaired) electrons. The third-order valence-corrected chi connectivity index (χ3v) is 13.6. The van der Waals surface area contributed by atoms with E-state index in [1.807, 2.05) is 22.7 Å². The number of hydrogen-bond donors (Lipinski definition) is 0. The van der Waals surface area contributed by atoms with Crippen LogP contribution in [0.15, 0.2) is 176 Å². The molecule has 0 bridgehead atoms. The highest BCUT2D eigenvalue weighted by atomic mass is 32.1. The summed E-state index contributed by atoms with van der Waals surface area (Å²) in [6.45, 7) is 6.90. The molecule has 2 nitrogen and oxygen atoms in total. The van der Waals surface area contributed by atoms with E-state index in [1.165, 1.54) is 84.5 Å². The van der Waals surface area contributed by atoms with Crippen LogP contribution in [0.1, 0.15) is 26.3 Å². The van der Waals surface area contributed by atoms with Gasteiger partial charge in [0.1, 0.15) is 0 Å². The molecule has 0 saturated heterocycles. The van der Waals surface area contributed by atoms with Crippen molar-refractivity contribution in [3.8, 4) is 16.8 Å². The smallest absolute Gasteiger partial charge is 0.0541 e. The molecule has 268 valence electrons. The Morgan fingerprint density at radius 3 is 1.61 bits per heavy atom. The van der Waals surface area contributed by atoms with Gasteiger partial charge in [-0.15, -0.1) is 22.7 Å². The molecule has 0 atom stereocenters. The first-order chi connectivity index (χ1) is 27.4. The molecule has 0 saturated carbocycles. The van der Waals surface area contributed by atoms with Crippen molar-refractivity contribution in [3.63, 3.8) is 0 Å². The first-order valence-corrected chi connectivity index (χ1v) is 20.9. The van der Waals surface area contributed by atoms with E-state index in [9.17, 15) is 0 Å². The minimum Gasteiger partial charge on any atom is -0.310 e. The normalized spacial score (nSPS) is 12.2. The van der Waals surface area contributed by atoms with Crippen LogP contribution in [0.25, 0.3) is 79.0 Å². The summed E-state index contributed by atoms with van der Waals surface area (Å²) in [7, 11) is 0. The van der Waals surface area contributed by atoms with Gasteiger partial charge in [-0.1, -0.05) is 106 Å². The van der Waals surface area contributed by atoms with Gasteiger partial charge in [0.15, 0.2) is 0 Å². The molecule has 0 aliphatic carbocycles.